The number of hydrogen-bond acceptors (Lipinski definition) is 2. The molecule has 0 aliphatic carbocycles. The Hall–Kier alpha value is -1.28. The molecule has 2 nitrogen and oxygen atoms in total. The van der Waals surface area contributed by atoms with Gasteiger partial charge in [-0.3, -0.25) is 0 Å². The molecule has 2 heteroatoms. The van der Waals surface area contributed by atoms with E-state index in [-0.39, 0.29) is 0 Å². The summed E-state index contributed by atoms with van der Waals surface area (Å²) in [6.45, 7) is 8.46. The van der Waals surface area contributed by atoms with Gasteiger partial charge >= 0.3 is 0 Å². The van der Waals surface area contributed by atoms with Crippen molar-refractivity contribution in [2.45, 2.75) is 33.2 Å². The van der Waals surface area contributed by atoms with Gasteiger partial charge in [0.25, 0.3) is 0 Å². The predicted octanol–water partition coefficient (Wildman–Crippen LogP) is 2.67. The summed E-state index contributed by atoms with van der Waals surface area (Å²) >= 11 is 0. The fourth-order valence-electron chi connectivity index (χ4n) is 2.38. The highest BCUT2D eigenvalue weighted by Crippen LogP contribution is 2.19. The molecule has 2 heterocycles. The van der Waals surface area contributed by atoms with Gasteiger partial charge in [-0.2, -0.15) is 0 Å². The second-order valence-corrected chi connectivity index (χ2v) is 5.00. The van der Waals surface area contributed by atoms with Crippen molar-refractivity contribution < 1.29 is 0 Å². The molecule has 0 saturated carbocycles. The number of hydrogen-bond donors (Lipinski definition) is 2. The first-order valence-electron chi connectivity index (χ1n) is 6.34. The van der Waals surface area contributed by atoms with E-state index in [2.05, 4.69) is 55.7 Å². The van der Waals surface area contributed by atoms with Crippen LogP contribution < -0.4 is 10.6 Å². The molecule has 1 unspecified atom stereocenters. The van der Waals surface area contributed by atoms with Crippen LogP contribution in [0.5, 0.6) is 0 Å². The Morgan fingerprint density at radius 3 is 2.76 bits per heavy atom. The standard InChI is InChI=1S/C15H22N2/c1-11-4-5-14(16-8-6-11)15-13(3)10-12(2)7-9-17-15/h4-7,14,16-17H,8-10H2,1-3H3. The van der Waals surface area contributed by atoms with Crippen LogP contribution in [0, 0.1) is 0 Å². The minimum atomic E-state index is 0.322. The first-order chi connectivity index (χ1) is 8.16. The predicted molar refractivity (Wildman–Crippen MR) is 73.8 cm³/mol. The van der Waals surface area contributed by atoms with E-state index in [1.54, 1.807) is 0 Å². The van der Waals surface area contributed by atoms with Crippen molar-refractivity contribution >= 4 is 0 Å². The summed E-state index contributed by atoms with van der Waals surface area (Å²) in [5.41, 5.74) is 5.58. The molecule has 0 aromatic carbocycles. The van der Waals surface area contributed by atoms with E-state index in [1.807, 2.05) is 0 Å². The van der Waals surface area contributed by atoms with Gasteiger partial charge in [0.2, 0.25) is 0 Å². The molecule has 17 heavy (non-hydrogen) atoms. The molecule has 0 amide bonds. The average molecular weight is 230 g/mol. The van der Waals surface area contributed by atoms with Crippen molar-refractivity contribution in [2.24, 2.45) is 0 Å². The molecule has 0 saturated heterocycles. The van der Waals surface area contributed by atoms with Crippen molar-refractivity contribution in [2.75, 3.05) is 13.1 Å². The highest BCUT2D eigenvalue weighted by molar-refractivity contribution is 5.32. The molecule has 92 valence electrons. The molecule has 0 aromatic heterocycles. The molecule has 0 fully saturated rings. The third kappa shape index (κ3) is 3.10. The van der Waals surface area contributed by atoms with Crippen LogP contribution in [-0.4, -0.2) is 19.1 Å². The fourth-order valence-corrected chi connectivity index (χ4v) is 2.38. The maximum Gasteiger partial charge on any atom is 0.0660 e. The van der Waals surface area contributed by atoms with Crippen molar-refractivity contribution in [3.8, 4) is 0 Å². The maximum absolute atomic E-state index is 3.55. The van der Waals surface area contributed by atoms with E-state index in [0.717, 1.165) is 19.5 Å². The SMILES string of the molecule is CC1=CCNC(C2=C(C)CC(C)=CCN2)C=C1. The molecule has 0 aromatic rings. The summed E-state index contributed by atoms with van der Waals surface area (Å²) in [5.74, 6) is 0. The van der Waals surface area contributed by atoms with Gasteiger partial charge in [-0.25, -0.2) is 0 Å². The van der Waals surface area contributed by atoms with E-state index < -0.39 is 0 Å². The van der Waals surface area contributed by atoms with Crippen LogP contribution >= 0.6 is 0 Å². The minimum absolute atomic E-state index is 0.322. The normalized spacial score (nSPS) is 25.7. The van der Waals surface area contributed by atoms with Gasteiger partial charge in [-0.1, -0.05) is 35.5 Å². The quantitative estimate of drug-likeness (QED) is 0.677. The Morgan fingerprint density at radius 1 is 1.12 bits per heavy atom. The Balaban J connectivity index is 2.17. The Kier molecular flexibility index (Phi) is 3.85. The summed E-state index contributed by atoms with van der Waals surface area (Å²) < 4.78 is 0. The zero-order chi connectivity index (χ0) is 12.3. The zero-order valence-corrected chi connectivity index (χ0v) is 11.0. The third-order valence-corrected chi connectivity index (χ3v) is 3.37. The van der Waals surface area contributed by atoms with E-state index in [1.165, 1.54) is 22.4 Å². The van der Waals surface area contributed by atoms with Crippen LogP contribution in [0.3, 0.4) is 0 Å². The minimum Gasteiger partial charge on any atom is -0.383 e. The van der Waals surface area contributed by atoms with Crippen LogP contribution in [0.15, 0.2) is 46.7 Å². The molecule has 0 bridgehead atoms. The van der Waals surface area contributed by atoms with Gasteiger partial charge in [-0.05, 0) is 32.8 Å². The second-order valence-electron chi connectivity index (χ2n) is 5.00. The summed E-state index contributed by atoms with van der Waals surface area (Å²) in [7, 11) is 0. The molecule has 2 N–H and O–H groups in total. The van der Waals surface area contributed by atoms with Crippen LogP contribution in [0.2, 0.25) is 0 Å². The molecular formula is C15H22N2. The first-order valence-corrected chi connectivity index (χ1v) is 6.34. The highest BCUT2D eigenvalue weighted by atomic mass is 15.0. The van der Waals surface area contributed by atoms with Gasteiger partial charge < -0.3 is 10.6 Å². The van der Waals surface area contributed by atoms with Crippen LogP contribution in [0.4, 0.5) is 0 Å². The van der Waals surface area contributed by atoms with Crippen LogP contribution in [0.25, 0.3) is 0 Å². The Labute approximate surface area is 104 Å². The maximum atomic E-state index is 3.55. The molecule has 0 spiro atoms. The van der Waals surface area contributed by atoms with E-state index in [0.29, 0.717) is 6.04 Å². The zero-order valence-electron chi connectivity index (χ0n) is 11.0. The molecule has 2 aliphatic heterocycles. The lowest BCUT2D eigenvalue weighted by Crippen LogP contribution is -2.35. The molecular weight excluding hydrogens is 208 g/mol. The largest absolute Gasteiger partial charge is 0.383 e. The molecule has 0 radical (unpaired) electrons. The van der Waals surface area contributed by atoms with E-state index in [9.17, 15) is 0 Å². The molecule has 1 atom stereocenters. The summed E-state index contributed by atoms with van der Waals surface area (Å²) in [6, 6.07) is 0.322. The average Bonchev–Trinajstić information content (AvgIpc) is 2.57. The van der Waals surface area contributed by atoms with Crippen molar-refractivity contribution in [1.29, 1.82) is 0 Å². The lowest BCUT2D eigenvalue weighted by atomic mass is 10.0. The van der Waals surface area contributed by atoms with Crippen LogP contribution in [0.1, 0.15) is 27.2 Å². The van der Waals surface area contributed by atoms with Crippen LogP contribution in [-0.2, 0) is 0 Å². The highest BCUT2D eigenvalue weighted by Gasteiger charge is 2.16. The van der Waals surface area contributed by atoms with Crippen molar-refractivity contribution in [3.05, 3.63) is 46.7 Å². The van der Waals surface area contributed by atoms with Gasteiger partial charge in [-0.15, -0.1) is 0 Å². The lowest BCUT2D eigenvalue weighted by Gasteiger charge is -2.20. The van der Waals surface area contributed by atoms with Gasteiger partial charge in [0, 0.05) is 18.8 Å². The van der Waals surface area contributed by atoms with E-state index >= 15 is 0 Å². The fraction of sp³-hybridized carbons (Fsp3) is 0.467. The lowest BCUT2D eigenvalue weighted by molar-refractivity contribution is 0.652. The van der Waals surface area contributed by atoms with E-state index in [4.69, 9.17) is 0 Å². The molecule has 2 aliphatic rings. The number of nitrogens with one attached hydrogen (secondary N) is 2. The first kappa shape index (κ1) is 12.2. The van der Waals surface area contributed by atoms with Crippen molar-refractivity contribution in [3.63, 3.8) is 0 Å². The van der Waals surface area contributed by atoms with Gasteiger partial charge in [0.1, 0.15) is 0 Å². The van der Waals surface area contributed by atoms with Gasteiger partial charge in [0.15, 0.2) is 0 Å². The Morgan fingerprint density at radius 2 is 1.94 bits per heavy atom. The summed E-state index contributed by atoms with van der Waals surface area (Å²) in [5, 5.41) is 7.09. The topological polar surface area (TPSA) is 24.1 Å². The Bertz CT molecular complexity index is 411. The smallest absolute Gasteiger partial charge is 0.0660 e. The summed E-state index contributed by atoms with van der Waals surface area (Å²) in [6.07, 6.45) is 10.1. The second kappa shape index (κ2) is 5.37. The van der Waals surface area contributed by atoms with Gasteiger partial charge in [0.05, 0.1) is 6.04 Å². The summed E-state index contributed by atoms with van der Waals surface area (Å²) in [4.78, 5) is 0. The number of allylic oxidation sites excluding steroid dienone is 4. The monoisotopic (exact) mass is 230 g/mol. The molecule has 2 rings (SSSR count). The number of rotatable bonds is 1. The van der Waals surface area contributed by atoms with Crippen molar-refractivity contribution in [1.82, 2.24) is 10.6 Å². The third-order valence-electron chi connectivity index (χ3n) is 3.37.